The first-order valence-corrected chi connectivity index (χ1v) is 9.43. The molecule has 1 atom stereocenters. The topological polar surface area (TPSA) is 57.6 Å². The Kier molecular flexibility index (Phi) is 6.17. The van der Waals surface area contributed by atoms with E-state index in [0.717, 1.165) is 25.7 Å². The summed E-state index contributed by atoms with van der Waals surface area (Å²) in [5.41, 5.74) is 2.76. The first kappa shape index (κ1) is 17.2. The van der Waals surface area contributed by atoms with Crippen LogP contribution >= 0.6 is 0 Å². The maximum Gasteiger partial charge on any atom is 0.281 e. The highest BCUT2D eigenvalue weighted by molar-refractivity contribution is 7.86. The molecule has 0 aliphatic carbocycles. The van der Waals surface area contributed by atoms with E-state index >= 15 is 0 Å². The number of nitrogens with zero attached hydrogens (tertiary/aromatic N) is 1. The predicted octanol–water partition coefficient (Wildman–Crippen LogP) is 3.27. The van der Waals surface area contributed by atoms with Crippen molar-refractivity contribution in [3.8, 4) is 0 Å². The van der Waals surface area contributed by atoms with E-state index in [1.165, 1.54) is 11.1 Å². The second-order valence-corrected chi connectivity index (χ2v) is 7.40. The van der Waals surface area contributed by atoms with Crippen LogP contribution in [0.2, 0.25) is 0 Å². The lowest BCUT2D eigenvalue weighted by atomic mass is 9.99. The fourth-order valence-corrected chi connectivity index (χ4v) is 4.03. The van der Waals surface area contributed by atoms with Crippen molar-refractivity contribution in [2.75, 3.05) is 13.1 Å². The molecule has 1 aromatic carbocycles. The summed E-state index contributed by atoms with van der Waals surface area (Å²) in [4.78, 5) is 1.84. The lowest BCUT2D eigenvalue weighted by Crippen LogP contribution is -2.42. The zero-order valence-corrected chi connectivity index (χ0v) is 13.9. The van der Waals surface area contributed by atoms with Crippen LogP contribution in [0.15, 0.2) is 42.0 Å². The van der Waals surface area contributed by atoms with E-state index in [0.29, 0.717) is 19.5 Å². The molecule has 122 valence electrons. The third-order valence-electron chi connectivity index (χ3n) is 4.24. The normalized spacial score (nSPS) is 18.0. The van der Waals surface area contributed by atoms with Gasteiger partial charge in [0.05, 0.1) is 0 Å². The van der Waals surface area contributed by atoms with E-state index in [-0.39, 0.29) is 0 Å². The van der Waals surface area contributed by atoms with Crippen LogP contribution in [0.1, 0.15) is 38.2 Å². The summed E-state index contributed by atoms with van der Waals surface area (Å²) in [6.45, 7) is 3.10. The molecule has 0 saturated carbocycles. The number of benzene rings is 1. The van der Waals surface area contributed by atoms with Gasteiger partial charge in [-0.25, -0.2) is 0 Å². The predicted molar refractivity (Wildman–Crippen MR) is 89.3 cm³/mol. The van der Waals surface area contributed by atoms with Gasteiger partial charge in [0, 0.05) is 13.1 Å². The largest absolute Gasteiger partial charge is 0.284 e. The van der Waals surface area contributed by atoms with Crippen LogP contribution in [0.5, 0.6) is 0 Å². The fourth-order valence-electron chi connectivity index (χ4n) is 3.04. The van der Waals surface area contributed by atoms with Gasteiger partial charge in [-0.15, -0.1) is 0 Å². The summed E-state index contributed by atoms with van der Waals surface area (Å²) in [5, 5.41) is -0.769. The van der Waals surface area contributed by atoms with Crippen molar-refractivity contribution in [3.05, 3.63) is 47.5 Å². The Morgan fingerprint density at radius 2 is 1.95 bits per heavy atom. The summed E-state index contributed by atoms with van der Waals surface area (Å²) in [5.74, 6) is 0. The molecule has 1 heterocycles. The summed E-state index contributed by atoms with van der Waals surface area (Å²) < 4.78 is 32.0. The summed E-state index contributed by atoms with van der Waals surface area (Å²) in [6, 6.07) is 10.4. The van der Waals surface area contributed by atoms with Gasteiger partial charge in [0.1, 0.15) is 5.37 Å². The van der Waals surface area contributed by atoms with Crippen molar-refractivity contribution in [2.45, 2.75) is 44.4 Å². The third kappa shape index (κ3) is 4.93. The molecule has 0 bridgehead atoms. The van der Waals surface area contributed by atoms with Gasteiger partial charge in [-0.1, -0.05) is 48.9 Å². The lowest BCUT2D eigenvalue weighted by molar-refractivity contribution is 0.246. The standard InChI is InChI=1S/C17H25NO3S/c1-2-17(22(19,20)21)18-13-11-16(12-14-18)10-6-9-15-7-4-3-5-8-15/h3-5,7-8,11,17H,2,6,9-10,12-14H2,1H3,(H,19,20,21). The van der Waals surface area contributed by atoms with Crippen LogP contribution in [0.4, 0.5) is 0 Å². The molecule has 0 fully saturated rings. The van der Waals surface area contributed by atoms with Gasteiger partial charge in [0.15, 0.2) is 0 Å². The fraction of sp³-hybridized carbons (Fsp3) is 0.529. The van der Waals surface area contributed by atoms with Gasteiger partial charge in [-0.3, -0.25) is 9.45 Å². The van der Waals surface area contributed by atoms with Crippen LogP contribution in [0, 0.1) is 0 Å². The number of hydrogen-bond acceptors (Lipinski definition) is 3. The first-order chi connectivity index (χ1) is 10.5. The zero-order valence-electron chi connectivity index (χ0n) is 13.1. The maximum atomic E-state index is 11.4. The second-order valence-electron chi connectivity index (χ2n) is 5.82. The molecule has 1 N–H and O–H groups in total. The van der Waals surface area contributed by atoms with Gasteiger partial charge in [0.25, 0.3) is 10.1 Å². The molecule has 1 aromatic rings. The number of rotatable bonds is 7. The third-order valence-corrected chi connectivity index (χ3v) is 5.56. The highest BCUT2D eigenvalue weighted by Gasteiger charge is 2.28. The summed E-state index contributed by atoms with van der Waals surface area (Å²) >= 11 is 0. The molecule has 1 unspecified atom stereocenters. The van der Waals surface area contributed by atoms with Crippen molar-refractivity contribution in [1.29, 1.82) is 0 Å². The summed E-state index contributed by atoms with van der Waals surface area (Å²) in [6.07, 6.45) is 6.68. The molecule has 0 saturated heterocycles. The molecule has 4 nitrogen and oxygen atoms in total. The van der Waals surface area contributed by atoms with Gasteiger partial charge >= 0.3 is 0 Å². The Hall–Kier alpha value is -1.17. The molecule has 0 amide bonds. The van der Waals surface area contributed by atoms with Crippen LogP contribution in [0.25, 0.3) is 0 Å². The van der Waals surface area contributed by atoms with Crippen molar-refractivity contribution in [2.24, 2.45) is 0 Å². The van der Waals surface area contributed by atoms with Crippen LogP contribution < -0.4 is 0 Å². The van der Waals surface area contributed by atoms with Crippen molar-refractivity contribution in [1.82, 2.24) is 4.90 Å². The molecular formula is C17H25NO3S. The minimum atomic E-state index is -3.99. The maximum absolute atomic E-state index is 11.4. The van der Waals surface area contributed by atoms with E-state index in [9.17, 15) is 13.0 Å². The highest BCUT2D eigenvalue weighted by atomic mass is 32.2. The average Bonchev–Trinajstić information content (AvgIpc) is 2.49. The molecule has 5 heteroatoms. The second kappa shape index (κ2) is 7.90. The van der Waals surface area contributed by atoms with Crippen LogP contribution in [-0.2, 0) is 16.5 Å². The Bertz CT molecular complexity index is 596. The Balaban J connectivity index is 1.81. The van der Waals surface area contributed by atoms with E-state index in [1.54, 1.807) is 6.92 Å². The average molecular weight is 323 g/mol. The van der Waals surface area contributed by atoms with Crippen LogP contribution in [0.3, 0.4) is 0 Å². The molecule has 22 heavy (non-hydrogen) atoms. The minimum Gasteiger partial charge on any atom is -0.284 e. The quantitative estimate of drug-likeness (QED) is 0.618. The smallest absolute Gasteiger partial charge is 0.281 e. The van der Waals surface area contributed by atoms with E-state index in [2.05, 4.69) is 30.3 Å². The molecular weight excluding hydrogens is 298 g/mol. The van der Waals surface area contributed by atoms with Gasteiger partial charge < -0.3 is 0 Å². The lowest BCUT2D eigenvalue weighted by Gasteiger charge is -2.31. The van der Waals surface area contributed by atoms with Crippen molar-refractivity contribution in [3.63, 3.8) is 0 Å². The van der Waals surface area contributed by atoms with Gasteiger partial charge in [0.2, 0.25) is 0 Å². The molecule has 0 aromatic heterocycles. The SMILES string of the molecule is CCC(N1CC=C(CCCc2ccccc2)CC1)S(=O)(=O)O. The monoisotopic (exact) mass is 323 g/mol. The van der Waals surface area contributed by atoms with E-state index in [1.807, 2.05) is 11.0 Å². The Labute approximate surface area is 133 Å². The molecule has 0 spiro atoms. The van der Waals surface area contributed by atoms with Crippen molar-refractivity contribution >= 4 is 10.1 Å². The minimum absolute atomic E-state index is 0.413. The molecule has 1 aliphatic rings. The van der Waals surface area contributed by atoms with E-state index in [4.69, 9.17) is 0 Å². The molecule has 0 radical (unpaired) electrons. The van der Waals surface area contributed by atoms with Crippen LogP contribution in [-0.4, -0.2) is 36.3 Å². The number of aryl methyl sites for hydroxylation is 1. The van der Waals surface area contributed by atoms with Crippen molar-refractivity contribution < 1.29 is 13.0 Å². The van der Waals surface area contributed by atoms with E-state index < -0.39 is 15.5 Å². The first-order valence-electron chi connectivity index (χ1n) is 7.93. The highest BCUT2D eigenvalue weighted by Crippen LogP contribution is 2.21. The zero-order chi connectivity index (χ0) is 16.0. The molecule has 1 aliphatic heterocycles. The Morgan fingerprint density at radius 1 is 1.23 bits per heavy atom. The van der Waals surface area contributed by atoms with Gasteiger partial charge in [-0.2, -0.15) is 8.42 Å². The molecule has 2 rings (SSSR count). The Morgan fingerprint density at radius 3 is 2.50 bits per heavy atom. The number of hydrogen-bond donors (Lipinski definition) is 1. The van der Waals surface area contributed by atoms with Gasteiger partial charge in [-0.05, 0) is 37.7 Å². The summed E-state index contributed by atoms with van der Waals surface area (Å²) in [7, 11) is -3.99.